The van der Waals surface area contributed by atoms with Crippen molar-refractivity contribution < 1.29 is 14.9 Å². The Balaban J connectivity index is 2.62. The molecule has 1 aliphatic heterocycles. The summed E-state index contributed by atoms with van der Waals surface area (Å²) in [6.07, 6.45) is 1.92. The van der Waals surface area contributed by atoms with Crippen molar-refractivity contribution in [3.8, 4) is 0 Å². The second-order valence-electron chi connectivity index (χ2n) is 3.97. The summed E-state index contributed by atoms with van der Waals surface area (Å²) in [4.78, 5) is 0. The molecule has 1 aliphatic rings. The second kappa shape index (κ2) is 3.73. The molecular weight excluding hydrogens is 156 g/mol. The van der Waals surface area contributed by atoms with Crippen molar-refractivity contribution in [2.75, 3.05) is 13.2 Å². The molecule has 0 aliphatic carbocycles. The fourth-order valence-corrected chi connectivity index (χ4v) is 2.06. The van der Waals surface area contributed by atoms with Crippen LogP contribution in [0.5, 0.6) is 0 Å². The Labute approximate surface area is 73.4 Å². The van der Waals surface area contributed by atoms with Gasteiger partial charge in [-0.05, 0) is 25.7 Å². The first-order valence-corrected chi connectivity index (χ1v) is 4.51. The lowest BCUT2D eigenvalue weighted by Gasteiger charge is -2.40. The molecule has 0 aromatic carbocycles. The summed E-state index contributed by atoms with van der Waals surface area (Å²) in [5, 5.41) is 18.2. The monoisotopic (exact) mass is 174 g/mol. The van der Waals surface area contributed by atoms with Crippen LogP contribution in [0.3, 0.4) is 0 Å². The van der Waals surface area contributed by atoms with Crippen LogP contribution in [0.2, 0.25) is 0 Å². The molecule has 12 heavy (non-hydrogen) atoms. The van der Waals surface area contributed by atoms with E-state index in [2.05, 4.69) is 6.92 Å². The van der Waals surface area contributed by atoms with E-state index in [1.807, 2.05) is 6.92 Å². The Bertz CT molecular complexity index is 131. The second-order valence-corrected chi connectivity index (χ2v) is 3.97. The molecule has 72 valence electrons. The number of hydrogen-bond donors (Lipinski definition) is 2. The van der Waals surface area contributed by atoms with E-state index >= 15 is 0 Å². The van der Waals surface area contributed by atoms with Gasteiger partial charge in [-0.2, -0.15) is 0 Å². The van der Waals surface area contributed by atoms with Gasteiger partial charge in [0.2, 0.25) is 0 Å². The minimum atomic E-state index is -0.683. The van der Waals surface area contributed by atoms with Gasteiger partial charge in [-0.1, -0.05) is 6.92 Å². The predicted octanol–water partition coefficient (Wildman–Crippen LogP) is 0.545. The molecule has 0 spiro atoms. The highest BCUT2D eigenvalue weighted by Crippen LogP contribution is 2.31. The zero-order valence-corrected chi connectivity index (χ0v) is 7.79. The molecule has 0 radical (unpaired) electrons. The van der Waals surface area contributed by atoms with Gasteiger partial charge in [0.25, 0.3) is 0 Å². The molecule has 3 nitrogen and oxygen atoms in total. The van der Waals surface area contributed by atoms with E-state index in [4.69, 9.17) is 14.9 Å². The van der Waals surface area contributed by atoms with Crippen LogP contribution in [0.25, 0.3) is 0 Å². The van der Waals surface area contributed by atoms with E-state index < -0.39 is 5.60 Å². The molecule has 0 saturated carbocycles. The minimum absolute atomic E-state index is 0.0851. The van der Waals surface area contributed by atoms with Crippen LogP contribution in [-0.4, -0.2) is 35.1 Å². The SMILES string of the molecule is C[C@H]1C[C@@H](C)OC(CO)(CO)C1. The number of aliphatic hydroxyl groups is 2. The molecule has 2 N–H and O–H groups in total. The Morgan fingerprint density at radius 3 is 2.33 bits per heavy atom. The maximum Gasteiger partial charge on any atom is 0.115 e. The molecule has 1 saturated heterocycles. The fraction of sp³-hybridized carbons (Fsp3) is 1.00. The third-order valence-corrected chi connectivity index (χ3v) is 2.48. The highest BCUT2D eigenvalue weighted by Gasteiger charge is 2.37. The van der Waals surface area contributed by atoms with Crippen molar-refractivity contribution in [1.82, 2.24) is 0 Å². The van der Waals surface area contributed by atoms with E-state index in [0.717, 1.165) is 12.8 Å². The Kier molecular flexibility index (Phi) is 3.09. The number of aliphatic hydroxyl groups excluding tert-OH is 2. The summed E-state index contributed by atoms with van der Waals surface area (Å²) in [6, 6.07) is 0. The van der Waals surface area contributed by atoms with Crippen molar-refractivity contribution in [2.24, 2.45) is 5.92 Å². The van der Waals surface area contributed by atoms with Gasteiger partial charge in [0.1, 0.15) is 5.60 Å². The summed E-state index contributed by atoms with van der Waals surface area (Å²) in [5.74, 6) is 0.521. The van der Waals surface area contributed by atoms with Gasteiger partial charge < -0.3 is 14.9 Å². The number of rotatable bonds is 2. The zero-order chi connectivity index (χ0) is 9.19. The molecule has 2 atom stereocenters. The summed E-state index contributed by atoms with van der Waals surface area (Å²) >= 11 is 0. The van der Waals surface area contributed by atoms with Crippen LogP contribution >= 0.6 is 0 Å². The van der Waals surface area contributed by atoms with E-state index in [1.54, 1.807) is 0 Å². The Hall–Kier alpha value is -0.120. The van der Waals surface area contributed by atoms with Crippen molar-refractivity contribution in [2.45, 2.75) is 38.4 Å². The molecule has 0 unspecified atom stereocenters. The lowest BCUT2D eigenvalue weighted by Crippen LogP contribution is -2.48. The minimum Gasteiger partial charge on any atom is -0.393 e. The third-order valence-electron chi connectivity index (χ3n) is 2.48. The number of ether oxygens (including phenoxy) is 1. The quantitative estimate of drug-likeness (QED) is 0.642. The summed E-state index contributed by atoms with van der Waals surface area (Å²) in [6.45, 7) is 3.94. The molecule has 1 heterocycles. The van der Waals surface area contributed by atoms with Crippen LogP contribution in [0.1, 0.15) is 26.7 Å². The van der Waals surface area contributed by atoms with E-state index in [9.17, 15) is 0 Å². The normalized spacial score (nSPS) is 35.0. The molecule has 0 aromatic heterocycles. The van der Waals surface area contributed by atoms with Gasteiger partial charge in [0.15, 0.2) is 0 Å². The molecular formula is C9H18O3. The van der Waals surface area contributed by atoms with Crippen LogP contribution in [-0.2, 0) is 4.74 Å². The van der Waals surface area contributed by atoms with Gasteiger partial charge >= 0.3 is 0 Å². The topological polar surface area (TPSA) is 49.7 Å². The highest BCUT2D eigenvalue weighted by molar-refractivity contribution is 4.87. The maximum absolute atomic E-state index is 9.09. The molecule has 0 aromatic rings. The van der Waals surface area contributed by atoms with Crippen molar-refractivity contribution >= 4 is 0 Å². The van der Waals surface area contributed by atoms with E-state index in [1.165, 1.54) is 0 Å². The van der Waals surface area contributed by atoms with Gasteiger partial charge in [-0.25, -0.2) is 0 Å². The van der Waals surface area contributed by atoms with Gasteiger partial charge in [0, 0.05) is 0 Å². The summed E-state index contributed by atoms with van der Waals surface area (Å²) < 4.78 is 5.54. The third kappa shape index (κ3) is 1.97. The van der Waals surface area contributed by atoms with Crippen LogP contribution in [0.4, 0.5) is 0 Å². The molecule has 1 rings (SSSR count). The molecule has 3 heteroatoms. The molecule has 1 fully saturated rings. The Morgan fingerprint density at radius 1 is 1.33 bits per heavy atom. The van der Waals surface area contributed by atoms with Crippen molar-refractivity contribution in [1.29, 1.82) is 0 Å². The smallest absolute Gasteiger partial charge is 0.115 e. The summed E-state index contributed by atoms with van der Waals surface area (Å²) in [7, 11) is 0. The molecule has 0 amide bonds. The largest absolute Gasteiger partial charge is 0.393 e. The van der Waals surface area contributed by atoms with Crippen molar-refractivity contribution in [3.05, 3.63) is 0 Å². The lowest BCUT2D eigenvalue weighted by molar-refractivity contribution is -0.176. The Morgan fingerprint density at radius 2 is 1.92 bits per heavy atom. The van der Waals surface area contributed by atoms with Gasteiger partial charge in [-0.3, -0.25) is 0 Å². The van der Waals surface area contributed by atoms with E-state index in [-0.39, 0.29) is 19.3 Å². The van der Waals surface area contributed by atoms with Crippen LogP contribution in [0, 0.1) is 5.92 Å². The first-order valence-electron chi connectivity index (χ1n) is 4.51. The van der Waals surface area contributed by atoms with Gasteiger partial charge in [0.05, 0.1) is 19.3 Å². The van der Waals surface area contributed by atoms with Gasteiger partial charge in [-0.15, -0.1) is 0 Å². The first kappa shape index (κ1) is 9.96. The standard InChI is InChI=1S/C9H18O3/c1-7-3-8(2)12-9(4-7,5-10)6-11/h7-8,10-11H,3-6H2,1-2H3/t7-,8+/m0/s1. The average molecular weight is 174 g/mol. The van der Waals surface area contributed by atoms with Crippen molar-refractivity contribution in [3.63, 3.8) is 0 Å². The maximum atomic E-state index is 9.09. The van der Waals surface area contributed by atoms with Crippen LogP contribution < -0.4 is 0 Å². The zero-order valence-electron chi connectivity index (χ0n) is 7.79. The summed E-state index contributed by atoms with van der Waals surface area (Å²) in [5.41, 5.74) is -0.683. The lowest BCUT2D eigenvalue weighted by atomic mass is 9.85. The first-order chi connectivity index (χ1) is 5.62. The molecule has 0 bridgehead atoms. The van der Waals surface area contributed by atoms with Crippen LogP contribution in [0.15, 0.2) is 0 Å². The predicted molar refractivity (Wildman–Crippen MR) is 45.8 cm³/mol. The van der Waals surface area contributed by atoms with E-state index in [0.29, 0.717) is 5.92 Å². The highest BCUT2D eigenvalue weighted by atomic mass is 16.5. The number of hydrogen-bond acceptors (Lipinski definition) is 3. The fourth-order valence-electron chi connectivity index (χ4n) is 2.06. The average Bonchev–Trinajstić information content (AvgIpc) is 2.02.